The Balaban J connectivity index is 2.01. The Morgan fingerprint density at radius 2 is 2.00 bits per heavy atom. The summed E-state index contributed by atoms with van der Waals surface area (Å²) in [4.78, 5) is 12.3. The second-order valence-corrected chi connectivity index (χ2v) is 6.51. The second kappa shape index (κ2) is 5.08. The zero-order valence-corrected chi connectivity index (χ0v) is 12.2. The summed E-state index contributed by atoms with van der Waals surface area (Å²) in [6.45, 7) is 0.644. The third-order valence-corrected chi connectivity index (χ3v) is 5.25. The molecule has 0 aliphatic carbocycles. The summed E-state index contributed by atoms with van der Waals surface area (Å²) >= 11 is 0.0801. The Bertz CT molecular complexity index is 773. The van der Waals surface area contributed by atoms with Gasteiger partial charge >= 0.3 is 117 Å². The van der Waals surface area contributed by atoms with Crippen LogP contribution in [0.15, 0.2) is 53.3 Å². The maximum absolute atomic E-state index is 12.3. The van der Waals surface area contributed by atoms with Crippen LogP contribution < -0.4 is 10.3 Å². The maximum atomic E-state index is 12.3. The molecular weight excluding hydrogens is 305 g/mol. The number of benzene rings is 2. The topological polar surface area (TPSA) is 31.2 Å². The van der Waals surface area contributed by atoms with Gasteiger partial charge in [0.1, 0.15) is 0 Å². The SMILES string of the molecule is COc1cccc(Cn2[se]c3ccccc3c2=O)c1. The van der Waals surface area contributed by atoms with Gasteiger partial charge in [-0.3, -0.25) is 0 Å². The van der Waals surface area contributed by atoms with Crippen LogP contribution >= 0.6 is 0 Å². The molecule has 3 aromatic rings. The minimum absolute atomic E-state index is 0.0801. The van der Waals surface area contributed by atoms with Crippen molar-refractivity contribution in [2.75, 3.05) is 7.11 Å². The van der Waals surface area contributed by atoms with Gasteiger partial charge in [0, 0.05) is 0 Å². The fourth-order valence-corrected chi connectivity index (χ4v) is 4.21. The van der Waals surface area contributed by atoms with Crippen LogP contribution in [0, 0.1) is 0 Å². The average molecular weight is 318 g/mol. The summed E-state index contributed by atoms with van der Waals surface area (Å²) in [5.74, 6) is 0.828. The molecule has 3 rings (SSSR count). The van der Waals surface area contributed by atoms with Gasteiger partial charge in [-0.25, -0.2) is 0 Å². The van der Waals surface area contributed by atoms with Gasteiger partial charge in [-0.15, -0.1) is 0 Å². The normalized spacial score (nSPS) is 10.8. The third-order valence-electron chi connectivity index (χ3n) is 3.01. The minimum atomic E-state index is 0.0801. The zero-order valence-electron chi connectivity index (χ0n) is 10.5. The first kappa shape index (κ1) is 12.3. The molecule has 1 aromatic heterocycles. The van der Waals surface area contributed by atoms with Gasteiger partial charge in [-0.1, -0.05) is 0 Å². The molecule has 0 atom stereocenters. The van der Waals surface area contributed by atoms with E-state index in [4.69, 9.17) is 4.74 Å². The van der Waals surface area contributed by atoms with Crippen molar-refractivity contribution in [1.82, 2.24) is 3.56 Å². The summed E-state index contributed by atoms with van der Waals surface area (Å²) in [7, 11) is 1.65. The van der Waals surface area contributed by atoms with Crippen molar-refractivity contribution in [3.8, 4) is 5.75 Å². The summed E-state index contributed by atoms with van der Waals surface area (Å²) in [6, 6.07) is 15.7. The fraction of sp³-hybridized carbons (Fsp3) is 0.133. The first-order valence-electron chi connectivity index (χ1n) is 6.00. The Morgan fingerprint density at radius 3 is 2.79 bits per heavy atom. The Kier molecular flexibility index (Phi) is 3.28. The summed E-state index contributed by atoms with van der Waals surface area (Å²) in [6.07, 6.45) is 0. The number of rotatable bonds is 3. The molecule has 2 aromatic carbocycles. The molecule has 96 valence electrons. The van der Waals surface area contributed by atoms with Crippen molar-refractivity contribution in [3.63, 3.8) is 0 Å². The predicted molar refractivity (Wildman–Crippen MR) is 77.2 cm³/mol. The molecule has 0 aliphatic heterocycles. The van der Waals surface area contributed by atoms with Crippen LogP contribution in [0.25, 0.3) is 9.65 Å². The van der Waals surface area contributed by atoms with Crippen LogP contribution in [0.2, 0.25) is 0 Å². The molecule has 0 radical (unpaired) electrons. The van der Waals surface area contributed by atoms with Gasteiger partial charge < -0.3 is 0 Å². The quantitative estimate of drug-likeness (QED) is 0.693. The molecule has 1 heterocycles. The van der Waals surface area contributed by atoms with Crippen molar-refractivity contribution in [3.05, 3.63) is 64.4 Å². The van der Waals surface area contributed by atoms with Crippen molar-refractivity contribution in [2.45, 2.75) is 6.54 Å². The van der Waals surface area contributed by atoms with Crippen molar-refractivity contribution >= 4 is 24.4 Å². The summed E-state index contributed by atoms with van der Waals surface area (Å²) in [5, 5.41) is 0.852. The van der Waals surface area contributed by atoms with E-state index in [0.29, 0.717) is 6.54 Å². The second-order valence-electron chi connectivity index (χ2n) is 4.28. The van der Waals surface area contributed by atoms with E-state index in [2.05, 4.69) is 0 Å². The fourth-order valence-electron chi connectivity index (χ4n) is 2.06. The number of hydrogen-bond donors (Lipinski definition) is 0. The third kappa shape index (κ3) is 2.37. The van der Waals surface area contributed by atoms with Crippen LogP contribution in [0.4, 0.5) is 0 Å². The molecule has 0 spiro atoms. The summed E-state index contributed by atoms with van der Waals surface area (Å²) < 4.78 is 8.30. The molecule has 0 amide bonds. The standard InChI is InChI=1S/C15H13NO2Se/c1-18-12-6-4-5-11(9-12)10-16-15(17)13-7-2-3-8-14(13)19-16/h2-9H,10H2,1H3. The first-order chi connectivity index (χ1) is 9.28. The average Bonchev–Trinajstić information content (AvgIpc) is 2.76. The van der Waals surface area contributed by atoms with Gasteiger partial charge in [0.2, 0.25) is 0 Å². The van der Waals surface area contributed by atoms with Gasteiger partial charge in [-0.05, 0) is 0 Å². The number of hydrogen-bond acceptors (Lipinski definition) is 2. The molecule has 0 saturated carbocycles. The van der Waals surface area contributed by atoms with Crippen molar-refractivity contribution in [2.24, 2.45) is 0 Å². The molecular formula is C15H13NO2Se. The number of ether oxygens (including phenoxy) is 1. The van der Waals surface area contributed by atoms with Gasteiger partial charge in [0.05, 0.1) is 0 Å². The van der Waals surface area contributed by atoms with E-state index in [1.165, 1.54) is 4.26 Å². The van der Waals surface area contributed by atoms with Crippen LogP contribution in [0.5, 0.6) is 5.75 Å². The van der Waals surface area contributed by atoms with Gasteiger partial charge in [0.15, 0.2) is 0 Å². The Morgan fingerprint density at radius 1 is 1.16 bits per heavy atom. The van der Waals surface area contributed by atoms with Crippen LogP contribution in [0.3, 0.4) is 0 Å². The molecule has 19 heavy (non-hydrogen) atoms. The molecule has 0 saturated heterocycles. The molecule has 0 aliphatic rings. The Hall–Kier alpha value is -1.77. The predicted octanol–water partition coefficient (Wildman–Crippen LogP) is 2.12. The van der Waals surface area contributed by atoms with E-state index in [-0.39, 0.29) is 20.3 Å². The molecule has 0 fully saturated rings. The monoisotopic (exact) mass is 319 g/mol. The molecule has 0 unspecified atom stereocenters. The summed E-state index contributed by atoms with van der Waals surface area (Å²) in [5.41, 5.74) is 1.24. The number of methoxy groups -OCH3 is 1. The number of aromatic nitrogens is 1. The molecule has 0 bridgehead atoms. The van der Waals surface area contributed by atoms with Crippen molar-refractivity contribution < 1.29 is 4.74 Å². The van der Waals surface area contributed by atoms with Crippen molar-refractivity contribution in [1.29, 1.82) is 0 Å². The van der Waals surface area contributed by atoms with E-state index in [0.717, 1.165) is 16.7 Å². The van der Waals surface area contributed by atoms with Gasteiger partial charge in [-0.2, -0.15) is 0 Å². The number of nitrogens with zero attached hydrogens (tertiary/aromatic N) is 1. The molecule has 3 nitrogen and oxygen atoms in total. The van der Waals surface area contributed by atoms with Crippen LogP contribution in [0.1, 0.15) is 5.56 Å². The van der Waals surface area contributed by atoms with E-state index < -0.39 is 0 Å². The van der Waals surface area contributed by atoms with E-state index in [9.17, 15) is 4.79 Å². The first-order valence-corrected chi connectivity index (χ1v) is 7.62. The van der Waals surface area contributed by atoms with Crippen LogP contribution in [-0.4, -0.2) is 25.4 Å². The zero-order chi connectivity index (χ0) is 13.2. The van der Waals surface area contributed by atoms with E-state index in [1.54, 1.807) is 7.11 Å². The molecule has 4 heteroatoms. The van der Waals surface area contributed by atoms with E-state index in [1.807, 2.05) is 52.1 Å². The Labute approximate surface area is 117 Å². The number of fused-ring (bicyclic) bond motifs is 1. The van der Waals surface area contributed by atoms with Crippen LogP contribution in [-0.2, 0) is 6.54 Å². The molecule has 0 N–H and O–H groups in total. The van der Waals surface area contributed by atoms with E-state index >= 15 is 0 Å². The van der Waals surface area contributed by atoms with Gasteiger partial charge in [0.25, 0.3) is 0 Å².